The quantitative estimate of drug-likeness (QED) is 0.902. The Morgan fingerprint density at radius 3 is 2.42 bits per heavy atom. The van der Waals surface area contributed by atoms with Crippen molar-refractivity contribution in [2.75, 3.05) is 33.4 Å². The molecule has 3 rings (SSSR count). The molecule has 2 heterocycles. The molecule has 0 spiro atoms. The topological polar surface area (TPSA) is 30.5 Å². The first-order chi connectivity index (χ1) is 9.32. The third-order valence-electron chi connectivity index (χ3n) is 4.60. The number of rotatable bonds is 4. The van der Waals surface area contributed by atoms with Gasteiger partial charge in [-0.1, -0.05) is 12.1 Å². The maximum Gasteiger partial charge on any atom is 0.118 e. The van der Waals surface area contributed by atoms with E-state index in [0.29, 0.717) is 0 Å². The fourth-order valence-electron chi connectivity index (χ4n) is 3.33. The number of piperidine rings is 1. The fourth-order valence-corrected chi connectivity index (χ4v) is 3.33. The highest BCUT2D eigenvalue weighted by Crippen LogP contribution is 2.40. The Morgan fingerprint density at radius 2 is 1.89 bits per heavy atom. The average Bonchev–Trinajstić information content (AvgIpc) is 2.44. The minimum Gasteiger partial charge on any atom is -0.497 e. The molecule has 0 bridgehead atoms. The number of benzene rings is 1. The molecule has 104 valence electrons. The molecule has 0 aliphatic carbocycles. The van der Waals surface area contributed by atoms with Gasteiger partial charge in [0.15, 0.2) is 0 Å². The first kappa shape index (κ1) is 12.9. The highest BCUT2D eigenvalue weighted by molar-refractivity contribution is 5.34. The SMILES string of the molecule is COc1ccc(C2(CC3CCNCC3)COC2)cc1. The van der Waals surface area contributed by atoms with Crippen molar-refractivity contribution in [3.05, 3.63) is 29.8 Å². The van der Waals surface area contributed by atoms with Crippen molar-refractivity contribution in [3.63, 3.8) is 0 Å². The van der Waals surface area contributed by atoms with Crippen molar-refractivity contribution in [2.45, 2.75) is 24.7 Å². The summed E-state index contributed by atoms with van der Waals surface area (Å²) in [4.78, 5) is 0. The largest absolute Gasteiger partial charge is 0.497 e. The molecular formula is C16H23NO2. The molecule has 3 heteroatoms. The first-order valence-electron chi connectivity index (χ1n) is 7.25. The van der Waals surface area contributed by atoms with Crippen LogP contribution in [0.15, 0.2) is 24.3 Å². The van der Waals surface area contributed by atoms with Gasteiger partial charge in [-0.3, -0.25) is 0 Å². The van der Waals surface area contributed by atoms with Gasteiger partial charge in [-0.15, -0.1) is 0 Å². The number of nitrogens with one attached hydrogen (secondary N) is 1. The minimum atomic E-state index is 0.258. The molecule has 3 nitrogen and oxygen atoms in total. The van der Waals surface area contributed by atoms with Gasteiger partial charge in [0.25, 0.3) is 0 Å². The van der Waals surface area contributed by atoms with Crippen LogP contribution < -0.4 is 10.1 Å². The molecule has 2 saturated heterocycles. The maximum absolute atomic E-state index is 5.54. The molecule has 1 aromatic carbocycles. The van der Waals surface area contributed by atoms with Crippen molar-refractivity contribution < 1.29 is 9.47 Å². The minimum absolute atomic E-state index is 0.258. The summed E-state index contributed by atoms with van der Waals surface area (Å²) in [6.07, 6.45) is 3.87. The predicted molar refractivity (Wildman–Crippen MR) is 75.7 cm³/mol. The third-order valence-corrected chi connectivity index (χ3v) is 4.60. The summed E-state index contributed by atoms with van der Waals surface area (Å²) in [5, 5.41) is 3.44. The van der Waals surface area contributed by atoms with Gasteiger partial charge in [0, 0.05) is 5.41 Å². The summed E-state index contributed by atoms with van der Waals surface area (Å²) >= 11 is 0. The third kappa shape index (κ3) is 2.63. The fraction of sp³-hybridized carbons (Fsp3) is 0.625. The molecule has 19 heavy (non-hydrogen) atoms. The maximum atomic E-state index is 5.54. The van der Waals surface area contributed by atoms with Crippen molar-refractivity contribution in [1.29, 1.82) is 0 Å². The molecule has 2 aliphatic rings. The molecule has 0 radical (unpaired) electrons. The molecule has 0 unspecified atom stereocenters. The van der Waals surface area contributed by atoms with Gasteiger partial charge in [-0.05, 0) is 56.0 Å². The second kappa shape index (κ2) is 5.51. The lowest BCUT2D eigenvalue weighted by atomic mass is 9.70. The number of ether oxygens (including phenoxy) is 2. The smallest absolute Gasteiger partial charge is 0.118 e. The van der Waals surface area contributed by atoms with E-state index in [-0.39, 0.29) is 5.41 Å². The van der Waals surface area contributed by atoms with E-state index in [2.05, 4.69) is 29.6 Å². The van der Waals surface area contributed by atoms with Crippen LogP contribution in [0.3, 0.4) is 0 Å². The van der Waals surface area contributed by atoms with Crippen LogP contribution in [-0.4, -0.2) is 33.4 Å². The second-order valence-corrected chi connectivity index (χ2v) is 5.90. The van der Waals surface area contributed by atoms with Gasteiger partial charge in [-0.25, -0.2) is 0 Å². The molecular weight excluding hydrogens is 238 g/mol. The predicted octanol–water partition coefficient (Wildman–Crippen LogP) is 2.35. The van der Waals surface area contributed by atoms with Crippen molar-refractivity contribution >= 4 is 0 Å². The van der Waals surface area contributed by atoms with Gasteiger partial charge in [0.05, 0.1) is 20.3 Å². The highest BCUT2D eigenvalue weighted by Gasteiger charge is 2.42. The van der Waals surface area contributed by atoms with E-state index >= 15 is 0 Å². The van der Waals surface area contributed by atoms with E-state index < -0.39 is 0 Å². The normalized spacial score (nSPS) is 22.8. The zero-order valence-corrected chi connectivity index (χ0v) is 11.7. The zero-order chi connectivity index (χ0) is 13.1. The lowest BCUT2D eigenvalue weighted by molar-refractivity contribution is -0.0731. The zero-order valence-electron chi connectivity index (χ0n) is 11.7. The van der Waals surface area contributed by atoms with Crippen LogP contribution in [0, 0.1) is 5.92 Å². The lowest BCUT2D eigenvalue weighted by Gasteiger charge is -2.45. The van der Waals surface area contributed by atoms with Crippen molar-refractivity contribution in [3.8, 4) is 5.75 Å². The van der Waals surface area contributed by atoms with Gasteiger partial charge in [-0.2, -0.15) is 0 Å². The summed E-state index contributed by atoms with van der Waals surface area (Å²) in [7, 11) is 1.71. The van der Waals surface area contributed by atoms with E-state index in [4.69, 9.17) is 9.47 Å². The lowest BCUT2D eigenvalue weighted by Crippen LogP contribution is -2.49. The first-order valence-corrected chi connectivity index (χ1v) is 7.25. The highest BCUT2D eigenvalue weighted by atomic mass is 16.5. The monoisotopic (exact) mass is 261 g/mol. The van der Waals surface area contributed by atoms with Crippen LogP contribution in [0.4, 0.5) is 0 Å². The Kier molecular flexibility index (Phi) is 3.76. The van der Waals surface area contributed by atoms with Gasteiger partial charge >= 0.3 is 0 Å². The van der Waals surface area contributed by atoms with E-state index in [9.17, 15) is 0 Å². The van der Waals surface area contributed by atoms with Gasteiger partial charge in [0.1, 0.15) is 5.75 Å². The standard InChI is InChI=1S/C16H23NO2/c1-18-15-4-2-14(3-5-15)16(11-19-12-16)10-13-6-8-17-9-7-13/h2-5,13,17H,6-12H2,1H3. The van der Waals surface area contributed by atoms with E-state index in [1.807, 2.05) is 0 Å². The van der Waals surface area contributed by atoms with E-state index in [1.54, 1.807) is 7.11 Å². The van der Waals surface area contributed by atoms with Crippen LogP contribution in [0.25, 0.3) is 0 Å². The summed E-state index contributed by atoms with van der Waals surface area (Å²) in [5.41, 5.74) is 1.67. The summed E-state index contributed by atoms with van der Waals surface area (Å²) < 4.78 is 10.8. The van der Waals surface area contributed by atoms with Crippen LogP contribution in [-0.2, 0) is 10.2 Å². The molecule has 0 amide bonds. The Hall–Kier alpha value is -1.06. The Balaban J connectivity index is 1.73. The molecule has 0 saturated carbocycles. The summed E-state index contributed by atoms with van der Waals surface area (Å²) in [5.74, 6) is 1.77. The van der Waals surface area contributed by atoms with E-state index in [1.165, 1.54) is 37.9 Å². The Labute approximate surface area is 115 Å². The molecule has 1 aromatic rings. The van der Waals surface area contributed by atoms with Gasteiger partial charge in [0.2, 0.25) is 0 Å². The molecule has 2 aliphatic heterocycles. The molecule has 1 N–H and O–H groups in total. The van der Waals surface area contributed by atoms with E-state index in [0.717, 1.165) is 24.9 Å². The summed E-state index contributed by atoms with van der Waals surface area (Å²) in [6.45, 7) is 4.10. The number of methoxy groups -OCH3 is 1. The van der Waals surface area contributed by atoms with Crippen molar-refractivity contribution in [2.24, 2.45) is 5.92 Å². The number of hydrogen-bond acceptors (Lipinski definition) is 3. The van der Waals surface area contributed by atoms with Crippen LogP contribution in [0.1, 0.15) is 24.8 Å². The number of hydrogen-bond donors (Lipinski definition) is 1. The average molecular weight is 261 g/mol. The van der Waals surface area contributed by atoms with Crippen LogP contribution in [0.5, 0.6) is 5.75 Å². The molecule has 2 fully saturated rings. The second-order valence-electron chi connectivity index (χ2n) is 5.90. The van der Waals surface area contributed by atoms with Crippen molar-refractivity contribution in [1.82, 2.24) is 5.32 Å². The van der Waals surface area contributed by atoms with Crippen LogP contribution >= 0.6 is 0 Å². The Bertz CT molecular complexity index is 405. The Morgan fingerprint density at radius 1 is 1.21 bits per heavy atom. The molecule has 0 aromatic heterocycles. The van der Waals surface area contributed by atoms with Crippen LogP contribution in [0.2, 0.25) is 0 Å². The summed E-state index contributed by atoms with van der Waals surface area (Å²) in [6, 6.07) is 8.56. The molecule has 0 atom stereocenters. The van der Waals surface area contributed by atoms with Gasteiger partial charge < -0.3 is 14.8 Å².